The van der Waals surface area contributed by atoms with Crippen molar-refractivity contribution >= 4 is 22.7 Å². The first-order valence-electron chi connectivity index (χ1n) is 10.4. The van der Waals surface area contributed by atoms with E-state index in [1.165, 1.54) is 5.56 Å². The van der Waals surface area contributed by atoms with Crippen LogP contribution in [0.5, 0.6) is 5.75 Å². The number of carbonyl (C=O) groups is 1. The van der Waals surface area contributed by atoms with Gasteiger partial charge in [-0.25, -0.2) is 4.98 Å². The third-order valence-electron chi connectivity index (χ3n) is 5.22. The van der Waals surface area contributed by atoms with Crippen LogP contribution < -0.4 is 10.1 Å². The zero-order valence-electron chi connectivity index (χ0n) is 18.2. The number of nitrogens with zero attached hydrogens (tertiary/aromatic N) is 1. The minimum Gasteiger partial charge on any atom is -0.484 e. The topological polar surface area (TPSA) is 64.4 Å². The lowest BCUT2D eigenvalue weighted by molar-refractivity contribution is -0.118. The molecule has 0 radical (unpaired) electrons. The first-order chi connectivity index (χ1) is 14.9. The van der Waals surface area contributed by atoms with Gasteiger partial charge in [-0.2, -0.15) is 0 Å². The number of carbonyl (C=O) groups excluding carboxylic acids is 1. The van der Waals surface area contributed by atoms with Crippen molar-refractivity contribution in [3.8, 4) is 17.2 Å². The van der Waals surface area contributed by atoms with E-state index in [0.29, 0.717) is 23.2 Å². The van der Waals surface area contributed by atoms with Crippen molar-refractivity contribution in [1.29, 1.82) is 0 Å². The van der Waals surface area contributed by atoms with E-state index in [0.717, 1.165) is 27.8 Å². The first-order valence-corrected chi connectivity index (χ1v) is 10.4. The van der Waals surface area contributed by atoms with Crippen molar-refractivity contribution in [1.82, 2.24) is 4.98 Å². The molecule has 158 valence electrons. The Hall–Kier alpha value is -3.60. The number of benzene rings is 3. The number of oxazole rings is 1. The molecule has 4 aromatic rings. The third kappa shape index (κ3) is 4.77. The smallest absolute Gasteiger partial charge is 0.262 e. The lowest BCUT2D eigenvalue weighted by atomic mass is 10.0. The van der Waals surface area contributed by atoms with Crippen molar-refractivity contribution in [2.24, 2.45) is 0 Å². The molecule has 0 atom stereocenters. The van der Waals surface area contributed by atoms with Gasteiger partial charge in [0, 0.05) is 11.3 Å². The Morgan fingerprint density at radius 3 is 2.55 bits per heavy atom. The average Bonchev–Trinajstić information content (AvgIpc) is 3.17. The van der Waals surface area contributed by atoms with Gasteiger partial charge in [0.1, 0.15) is 11.3 Å². The van der Waals surface area contributed by atoms with Crippen LogP contribution in [-0.4, -0.2) is 17.5 Å². The third-order valence-corrected chi connectivity index (χ3v) is 5.22. The van der Waals surface area contributed by atoms with Crippen LogP contribution >= 0.6 is 0 Å². The summed E-state index contributed by atoms with van der Waals surface area (Å²) in [5.41, 5.74) is 6.37. The van der Waals surface area contributed by atoms with Crippen LogP contribution in [0.1, 0.15) is 36.5 Å². The summed E-state index contributed by atoms with van der Waals surface area (Å²) < 4.78 is 11.6. The van der Waals surface area contributed by atoms with E-state index < -0.39 is 0 Å². The van der Waals surface area contributed by atoms with Gasteiger partial charge in [-0.05, 0) is 72.9 Å². The molecule has 5 heteroatoms. The molecule has 1 aromatic heterocycles. The lowest BCUT2D eigenvalue weighted by Gasteiger charge is -2.11. The summed E-state index contributed by atoms with van der Waals surface area (Å²) in [6.45, 7) is 8.18. The predicted molar refractivity (Wildman–Crippen MR) is 124 cm³/mol. The summed E-state index contributed by atoms with van der Waals surface area (Å²) in [6, 6.07) is 19.5. The summed E-state index contributed by atoms with van der Waals surface area (Å²) in [7, 11) is 0. The fraction of sp³-hybridized carbons (Fsp3) is 0.231. The molecule has 0 aliphatic rings. The minimum absolute atomic E-state index is 0.0626. The molecule has 3 aromatic carbocycles. The van der Waals surface area contributed by atoms with Gasteiger partial charge in [-0.15, -0.1) is 0 Å². The standard InChI is InChI=1S/C26H26N2O3/c1-16(2)19-8-10-21(11-9-19)30-15-25(29)27-23-14-20(7-6-18(23)4)26-28-22-12-5-17(3)13-24(22)31-26/h5-14,16H,15H2,1-4H3,(H,27,29). The van der Waals surface area contributed by atoms with Crippen molar-refractivity contribution in [2.45, 2.75) is 33.6 Å². The molecule has 4 rings (SSSR count). The van der Waals surface area contributed by atoms with Crippen molar-refractivity contribution in [2.75, 3.05) is 11.9 Å². The molecule has 0 aliphatic heterocycles. The van der Waals surface area contributed by atoms with E-state index in [4.69, 9.17) is 9.15 Å². The summed E-state index contributed by atoms with van der Waals surface area (Å²) in [5, 5.41) is 2.93. The summed E-state index contributed by atoms with van der Waals surface area (Å²) in [5.74, 6) is 1.43. The number of nitrogens with one attached hydrogen (secondary N) is 1. The Kier molecular flexibility index (Phi) is 5.76. The number of rotatable bonds is 6. The Morgan fingerprint density at radius 2 is 1.81 bits per heavy atom. The lowest BCUT2D eigenvalue weighted by Crippen LogP contribution is -2.20. The Balaban J connectivity index is 1.45. The van der Waals surface area contributed by atoms with Gasteiger partial charge in [-0.1, -0.05) is 38.1 Å². The monoisotopic (exact) mass is 414 g/mol. The van der Waals surface area contributed by atoms with E-state index in [-0.39, 0.29) is 12.5 Å². The number of aryl methyl sites for hydroxylation is 2. The number of fused-ring (bicyclic) bond motifs is 1. The number of ether oxygens (including phenoxy) is 1. The second-order valence-electron chi connectivity index (χ2n) is 8.08. The van der Waals surface area contributed by atoms with Gasteiger partial charge in [0.2, 0.25) is 5.89 Å². The molecule has 0 spiro atoms. The normalized spacial score (nSPS) is 11.1. The van der Waals surface area contributed by atoms with Crippen LogP contribution in [0.25, 0.3) is 22.6 Å². The second-order valence-corrected chi connectivity index (χ2v) is 8.08. The fourth-order valence-electron chi connectivity index (χ4n) is 3.33. The molecule has 0 fully saturated rings. The number of anilines is 1. The van der Waals surface area contributed by atoms with Crippen molar-refractivity contribution in [3.05, 3.63) is 77.4 Å². The summed E-state index contributed by atoms with van der Waals surface area (Å²) in [6.07, 6.45) is 0. The largest absolute Gasteiger partial charge is 0.484 e. The maximum Gasteiger partial charge on any atom is 0.262 e. The van der Waals surface area contributed by atoms with Gasteiger partial charge in [0.15, 0.2) is 12.2 Å². The molecule has 0 bridgehead atoms. The van der Waals surface area contributed by atoms with Gasteiger partial charge in [0.05, 0.1) is 0 Å². The molecule has 0 unspecified atom stereocenters. The van der Waals surface area contributed by atoms with E-state index in [1.54, 1.807) is 0 Å². The Labute approximate surface area is 182 Å². The first kappa shape index (κ1) is 20.7. The van der Waals surface area contributed by atoms with Crippen LogP contribution in [0.15, 0.2) is 65.1 Å². The highest BCUT2D eigenvalue weighted by Crippen LogP contribution is 2.28. The maximum absolute atomic E-state index is 12.5. The van der Waals surface area contributed by atoms with Gasteiger partial charge in [0.25, 0.3) is 5.91 Å². The predicted octanol–water partition coefficient (Wildman–Crippen LogP) is 6.25. The molecule has 0 aliphatic carbocycles. The summed E-state index contributed by atoms with van der Waals surface area (Å²) >= 11 is 0. The number of hydrogen-bond donors (Lipinski definition) is 1. The van der Waals surface area contributed by atoms with Crippen LogP contribution in [0.4, 0.5) is 5.69 Å². The molecule has 1 heterocycles. The highest BCUT2D eigenvalue weighted by molar-refractivity contribution is 5.93. The van der Waals surface area contributed by atoms with Crippen molar-refractivity contribution < 1.29 is 13.9 Å². The minimum atomic E-state index is -0.221. The van der Waals surface area contributed by atoms with E-state index >= 15 is 0 Å². The number of amides is 1. The summed E-state index contributed by atoms with van der Waals surface area (Å²) in [4.78, 5) is 17.0. The van der Waals surface area contributed by atoms with Crippen molar-refractivity contribution in [3.63, 3.8) is 0 Å². The fourth-order valence-corrected chi connectivity index (χ4v) is 3.33. The van der Waals surface area contributed by atoms with Gasteiger partial charge in [-0.3, -0.25) is 4.79 Å². The SMILES string of the molecule is Cc1ccc2nc(-c3ccc(C)c(NC(=O)COc4ccc(C(C)C)cc4)c3)oc2c1. The highest BCUT2D eigenvalue weighted by atomic mass is 16.5. The molecule has 0 saturated heterocycles. The van der Waals surface area contributed by atoms with E-state index in [1.807, 2.05) is 74.5 Å². The molecular weight excluding hydrogens is 388 g/mol. The molecule has 5 nitrogen and oxygen atoms in total. The van der Waals surface area contributed by atoms with Gasteiger partial charge >= 0.3 is 0 Å². The van der Waals surface area contributed by atoms with Crippen LogP contribution in [0, 0.1) is 13.8 Å². The van der Waals surface area contributed by atoms with E-state index in [2.05, 4.69) is 24.1 Å². The Morgan fingerprint density at radius 1 is 1.03 bits per heavy atom. The Bertz CT molecular complexity index is 1220. The molecular formula is C26H26N2O3. The number of aromatic nitrogens is 1. The highest BCUT2D eigenvalue weighted by Gasteiger charge is 2.12. The molecule has 1 amide bonds. The zero-order chi connectivity index (χ0) is 22.0. The number of hydrogen-bond acceptors (Lipinski definition) is 4. The van der Waals surface area contributed by atoms with Crippen LogP contribution in [0.3, 0.4) is 0 Å². The molecule has 31 heavy (non-hydrogen) atoms. The molecule has 0 saturated carbocycles. The second kappa shape index (κ2) is 8.64. The maximum atomic E-state index is 12.5. The van der Waals surface area contributed by atoms with Crippen LogP contribution in [-0.2, 0) is 4.79 Å². The zero-order valence-corrected chi connectivity index (χ0v) is 18.2. The quantitative estimate of drug-likeness (QED) is 0.405. The van der Waals surface area contributed by atoms with E-state index in [9.17, 15) is 4.79 Å². The van der Waals surface area contributed by atoms with Crippen LogP contribution in [0.2, 0.25) is 0 Å². The van der Waals surface area contributed by atoms with Gasteiger partial charge < -0.3 is 14.5 Å². The molecule has 1 N–H and O–H groups in total. The average molecular weight is 415 g/mol.